The molecule has 9 nitrogen and oxygen atoms in total. The minimum Gasteiger partial charge on any atom is -0.454 e. The monoisotopic (exact) mass is 413 g/mol. The molecule has 0 fully saturated rings. The van der Waals surface area contributed by atoms with Crippen LogP contribution in [0.25, 0.3) is 11.2 Å². The second-order valence-corrected chi connectivity index (χ2v) is 7.61. The summed E-state index contributed by atoms with van der Waals surface area (Å²) in [5.41, 5.74) is 0.0882. The molecule has 9 heteroatoms. The predicted octanol–water partition coefficient (Wildman–Crippen LogP) is 2.48. The first-order valence-electron chi connectivity index (χ1n) is 10.2. The van der Waals surface area contributed by atoms with E-state index in [4.69, 9.17) is 4.74 Å². The number of carbonyl (C=O) groups is 1. The molecule has 160 valence electrons. The maximum absolute atomic E-state index is 12.6. The van der Waals surface area contributed by atoms with Gasteiger partial charge in [0.25, 0.3) is 5.56 Å². The van der Waals surface area contributed by atoms with Gasteiger partial charge in [0.1, 0.15) is 12.4 Å². The predicted molar refractivity (Wildman–Crippen MR) is 112 cm³/mol. The molecule has 30 heavy (non-hydrogen) atoms. The first-order valence-corrected chi connectivity index (χ1v) is 10.2. The number of imidazole rings is 1. The fourth-order valence-electron chi connectivity index (χ4n) is 3.18. The first kappa shape index (κ1) is 21.5. The highest BCUT2D eigenvalue weighted by Crippen LogP contribution is 2.16. The van der Waals surface area contributed by atoms with Gasteiger partial charge in [0.05, 0.1) is 5.56 Å². The van der Waals surface area contributed by atoms with E-state index in [0.717, 1.165) is 19.3 Å². The molecule has 0 aromatic carbocycles. The molecule has 0 amide bonds. The van der Waals surface area contributed by atoms with Crippen molar-refractivity contribution in [3.8, 4) is 0 Å². The molecule has 0 radical (unpaired) electrons. The highest BCUT2D eigenvalue weighted by Gasteiger charge is 2.20. The van der Waals surface area contributed by atoms with Gasteiger partial charge in [-0.1, -0.05) is 27.2 Å². The van der Waals surface area contributed by atoms with E-state index in [0.29, 0.717) is 41.6 Å². The molecule has 3 aromatic rings. The van der Waals surface area contributed by atoms with Gasteiger partial charge in [0.2, 0.25) is 0 Å². The van der Waals surface area contributed by atoms with Gasteiger partial charge in [0, 0.05) is 25.5 Å². The zero-order valence-electron chi connectivity index (χ0n) is 17.6. The number of fused-ring (bicyclic) bond motifs is 1. The Balaban J connectivity index is 2.01. The summed E-state index contributed by atoms with van der Waals surface area (Å²) < 4.78 is 8.68. The van der Waals surface area contributed by atoms with E-state index >= 15 is 0 Å². The topological polar surface area (TPSA) is 112 Å². The molecule has 0 aliphatic rings. The SMILES string of the molecule is CCCCn1c(=O)[nH]c(=O)c2c1nc(COC(=O)c1ccncc1)n2CCC(C)C. The van der Waals surface area contributed by atoms with Gasteiger partial charge in [-0.15, -0.1) is 0 Å². The normalized spacial score (nSPS) is 11.3. The number of nitrogens with zero attached hydrogens (tertiary/aromatic N) is 4. The zero-order valence-corrected chi connectivity index (χ0v) is 17.6. The van der Waals surface area contributed by atoms with Crippen molar-refractivity contribution in [2.45, 2.75) is 59.7 Å². The first-order chi connectivity index (χ1) is 14.4. The average molecular weight is 413 g/mol. The molecule has 0 atom stereocenters. The van der Waals surface area contributed by atoms with Gasteiger partial charge in [-0.3, -0.25) is 19.3 Å². The quantitative estimate of drug-likeness (QED) is 0.540. The highest BCUT2D eigenvalue weighted by molar-refractivity contribution is 5.89. The summed E-state index contributed by atoms with van der Waals surface area (Å²) in [4.78, 5) is 48.1. The molecule has 3 rings (SSSR count). The number of hydrogen-bond acceptors (Lipinski definition) is 6. The molecule has 0 spiro atoms. The summed E-state index contributed by atoms with van der Waals surface area (Å²) in [6.07, 6.45) is 5.52. The van der Waals surface area contributed by atoms with E-state index in [1.165, 1.54) is 17.0 Å². The minimum absolute atomic E-state index is 0.102. The van der Waals surface area contributed by atoms with Crippen LogP contribution in [0.5, 0.6) is 0 Å². The van der Waals surface area contributed by atoms with E-state index < -0.39 is 17.2 Å². The lowest BCUT2D eigenvalue weighted by molar-refractivity contribution is 0.0458. The van der Waals surface area contributed by atoms with Crippen LogP contribution in [0.3, 0.4) is 0 Å². The van der Waals surface area contributed by atoms with Crippen LogP contribution < -0.4 is 11.2 Å². The summed E-state index contributed by atoms with van der Waals surface area (Å²) >= 11 is 0. The number of H-pyrrole nitrogens is 1. The lowest BCUT2D eigenvalue weighted by Gasteiger charge is -2.11. The number of esters is 1. The fraction of sp³-hybridized carbons (Fsp3) is 0.476. The van der Waals surface area contributed by atoms with Crippen molar-refractivity contribution >= 4 is 17.1 Å². The van der Waals surface area contributed by atoms with Crippen LogP contribution in [0, 0.1) is 5.92 Å². The third-order valence-electron chi connectivity index (χ3n) is 4.88. The maximum Gasteiger partial charge on any atom is 0.338 e. The Kier molecular flexibility index (Phi) is 6.81. The van der Waals surface area contributed by atoms with E-state index in [1.54, 1.807) is 16.7 Å². The Morgan fingerprint density at radius 1 is 1.17 bits per heavy atom. The van der Waals surface area contributed by atoms with Crippen molar-refractivity contribution in [1.29, 1.82) is 0 Å². The summed E-state index contributed by atoms with van der Waals surface area (Å²) in [6, 6.07) is 3.13. The average Bonchev–Trinajstić information content (AvgIpc) is 3.09. The van der Waals surface area contributed by atoms with Crippen LogP contribution in [0.4, 0.5) is 0 Å². The summed E-state index contributed by atoms with van der Waals surface area (Å²) in [5.74, 6) is 0.339. The Bertz CT molecular complexity index is 1130. The highest BCUT2D eigenvalue weighted by atomic mass is 16.5. The largest absolute Gasteiger partial charge is 0.454 e. The van der Waals surface area contributed by atoms with Crippen molar-refractivity contribution in [2.24, 2.45) is 5.92 Å². The van der Waals surface area contributed by atoms with Crippen LogP contribution in [-0.2, 0) is 24.4 Å². The van der Waals surface area contributed by atoms with Crippen molar-refractivity contribution in [1.82, 2.24) is 24.1 Å². The summed E-state index contributed by atoms with van der Waals surface area (Å²) in [6.45, 7) is 7.09. The Morgan fingerprint density at radius 2 is 1.90 bits per heavy atom. The molecule has 0 unspecified atom stereocenters. The molecule has 0 saturated carbocycles. The lowest BCUT2D eigenvalue weighted by atomic mass is 10.1. The molecule has 0 saturated heterocycles. The molecular weight excluding hydrogens is 386 g/mol. The standard InChI is InChI=1S/C21H27N5O4/c1-4-5-11-26-18-17(19(27)24-21(26)29)25(12-8-14(2)3)16(23-18)13-30-20(28)15-6-9-22-10-7-15/h6-7,9-10,14H,4-5,8,11-13H2,1-3H3,(H,24,27,29). The Hall–Kier alpha value is -3.23. The fourth-order valence-corrected chi connectivity index (χ4v) is 3.18. The molecule has 0 bridgehead atoms. The summed E-state index contributed by atoms with van der Waals surface area (Å²) in [5, 5.41) is 0. The Labute approximate surface area is 173 Å². The number of nitrogens with one attached hydrogen (secondary N) is 1. The van der Waals surface area contributed by atoms with Crippen LogP contribution in [-0.4, -0.2) is 30.1 Å². The number of carbonyl (C=O) groups excluding carboxylic acids is 1. The second-order valence-electron chi connectivity index (χ2n) is 7.61. The van der Waals surface area contributed by atoms with Gasteiger partial charge in [-0.25, -0.2) is 14.6 Å². The van der Waals surface area contributed by atoms with Crippen LogP contribution in [0.2, 0.25) is 0 Å². The van der Waals surface area contributed by atoms with Gasteiger partial charge >= 0.3 is 11.7 Å². The van der Waals surface area contributed by atoms with Crippen LogP contribution in [0.1, 0.15) is 56.2 Å². The molecule has 1 N–H and O–H groups in total. The van der Waals surface area contributed by atoms with Gasteiger partial charge < -0.3 is 9.30 Å². The molecular formula is C21H27N5O4. The van der Waals surface area contributed by atoms with E-state index in [-0.39, 0.29) is 6.61 Å². The summed E-state index contributed by atoms with van der Waals surface area (Å²) in [7, 11) is 0. The van der Waals surface area contributed by atoms with Crippen molar-refractivity contribution < 1.29 is 9.53 Å². The number of aryl methyl sites for hydroxylation is 2. The second kappa shape index (κ2) is 9.51. The lowest BCUT2D eigenvalue weighted by Crippen LogP contribution is -2.31. The zero-order chi connectivity index (χ0) is 21.7. The van der Waals surface area contributed by atoms with Crippen LogP contribution in [0.15, 0.2) is 34.1 Å². The Morgan fingerprint density at radius 3 is 2.57 bits per heavy atom. The number of pyridine rings is 1. The van der Waals surface area contributed by atoms with Gasteiger partial charge in [-0.05, 0) is 30.9 Å². The van der Waals surface area contributed by atoms with Gasteiger partial charge in [-0.2, -0.15) is 0 Å². The van der Waals surface area contributed by atoms with Crippen LogP contribution >= 0.6 is 0 Å². The maximum atomic E-state index is 12.6. The van der Waals surface area contributed by atoms with Crippen molar-refractivity contribution in [3.63, 3.8) is 0 Å². The molecule has 0 aliphatic carbocycles. The molecule has 3 heterocycles. The number of hydrogen-bond donors (Lipinski definition) is 1. The third kappa shape index (κ3) is 4.67. The number of unbranched alkanes of at least 4 members (excludes halogenated alkanes) is 1. The smallest absolute Gasteiger partial charge is 0.338 e. The van der Waals surface area contributed by atoms with Gasteiger partial charge in [0.15, 0.2) is 11.2 Å². The number of aromatic nitrogens is 5. The number of ether oxygens (including phenoxy) is 1. The van der Waals surface area contributed by atoms with Crippen molar-refractivity contribution in [3.05, 3.63) is 56.8 Å². The van der Waals surface area contributed by atoms with E-state index in [1.807, 2.05) is 6.92 Å². The number of rotatable bonds is 9. The molecule has 0 aliphatic heterocycles. The van der Waals surface area contributed by atoms with Crippen molar-refractivity contribution in [2.75, 3.05) is 0 Å². The molecule has 3 aromatic heterocycles. The third-order valence-corrected chi connectivity index (χ3v) is 4.88. The van der Waals surface area contributed by atoms with E-state index in [2.05, 4.69) is 28.8 Å². The minimum atomic E-state index is -0.503. The number of aromatic amines is 1. The van der Waals surface area contributed by atoms with E-state index in [9.17, 15) is 14.4 Å².